The third kappa shape index (κ3) is 2.20. The van der Waals surface area contributed by atoms with E-state index < -0.39 is 6.04 Å². The van der Waals surface area contributed by atoms with Gasteiger partial charge in [-0.1, -0.05) is 17.7 Å². The molecule has 0 radical (unpaired) electrons. The molecule has 1 atom stereocenters. The number of halogens is 2. The van der Waals surface area contributed by atoms with Crippen molar-refractivity contribution in [3.8, 4) is 0 Å². The summed E-state index contributed by atoms with van der Waals surface area (Å²) in [6.45, 7) is 0. The lowest BCUT2D eigenvalue weighted by Crippen LogP contribution is -2.12. The molecule has 2 aromatic rings. The number of hydrogen-bond donors (Lipinski definition) is 1. The molecule has 0 amide bonds. The molecule has 0 aliphatic carbocycles. The van der Waals surface area contributed by atoms with E-state index in [1.165, 1.54) is 23.5 Å². The van der Waals surface area contributed by atoms with Crippen LogP contribution in [0.5, 0.6) is 0 Å². The summed E-state index contributed by atoms with van der Waals surface area (Å²) in [6, 6.07) is 7.76. The predicted octanol–water partition coefficient (Wildman–Crippen LogP) is 3.59. The van der Waals surface area contributed by atoms with Gasteiger partial charge >= 0.3 is 0 Å². The molecule has 0 aliphatic heterocycles. The van der Waals surface area contributed by atoms with Crippen LogP contribution in [-0.2, 0) is 0 Å². The summed E-state index contributed by atoms with van der Waals surface area (Å²) in [6.07, 6.45) is 0. The van der Waals surface area contributed by atoms with Crippen molar-refractivity contribution in [2.24, 2.45) is 5.73 Å². The fourth-order valence-corrected chi connectivity index (χ4v) is 2.30. The largest absolute Gasteiger partial charge is 0.320 e. The number of rotatable bonds is 2. The quantitative estimate of drug-likeness (QED) is 0.855. The van der Waals surface area contributed by atoms with Gasteiger partial charge in [-0.2, -0.15) is 0 Å². The van der Waals surface area contributed by atoms with Crippen molar-refractivity contribution in [3.63, 3.8) is 0 Å². The molecular weight excluding hydrogens is 233 g/mol. The van der Waals surface area contributed by atoms with Gasteiger partial charge < -0.3 is 5.73 Å². The van der Waals surface area contributed by atoms with Crippen LogP contribution in [0.25, 0.3) is 0 Å². The summed E-state index contributed by atoms with van der Waals surface area (Å²) < 4.78 is 13.5. The zero-order chi connectivity index (χ0) is 10.8. The molecule has 0 saturated carbocycles. The molecule has 1 aromatic heterocycles. The van der Waals surface area contributed by atoms with Crippen LogP contribution in [0.1, 0.15) is 16.5 Å². The Labute approximate surface area is 96.3 Å². The average molecular weight is 242 g/mol. The van der Waals surface area contributed by atoms with Crippen molar-refractivity contribution < 1.29 is 4.39 Å². The highest BCUT2D eigenvalue weighted by Crippen LogP contribution is 2.27. The Morgan fingerprint density at radius 3 is 2.80 bits per heavy atom. The first-order valence-corrected chi connectivity index (χ1v) is 5.68. The van der Waals surface area contributed by atoms with E-state index in [1.54, 1.807) is 6.07 Å². The maximum Gasteiger partial charge on any atom is 0.128 e. The van der Waals surface area contributed by atoms with Crippen LogP contribution in [0.3, 0.4) is 0 Å². The monoisotopic (exact) mass is 241 g/mol. The molecule has 4 heteroatoms. The second-order valence-electron chi connectivity index (χ2n) is 3.16. The van der Waals surface area contributed by atoms with E-state index in [-0.39, 0.29) is 5.82 Å². The Kier molecular flexibility index (Phi) is 3.05. The Morgan fingerprint density at radius 2 is 2.13 bits per heavy atom. The van der Waals surface area contributed by atoms with E-state index >= 15 is 0 Å². The van der Waals surface area contributed by atoms with Gasteiger partial charge in [0.05, 0.1) is 6.04 Å². The van der Waals surface area contributed by atoms with Gasteiger partial charge in [-0.05, 0) is 29.6 Å². The molecule has 0 fully saturated rings. The summed E-state index contributed by atoms with van der Waals surface area (Å²) in [4.78, 5) is 0.927. The molecule has 1 nitrogen and oxygen atoms in total. The molecule has 1 aromatic carbocycles. The highest BCUT2D eigenvalue weighted by atomic mass is 35.5. The standard InChI is InChI=1S/C11H9ClFNS/c12-7-3-4-9(13)8(6-7)11(14)10-2-1-5-15-10/h1-6,11H,14H2/t11-/m0/s1. The Morgan fingerprint density at radius 1 is 1.33 bits per heavy atom. The Balaban J connectivity index is 2.41. The number of nitrogens with two attached hydrogens (primary N) is 1. The summed E-state index contributed by atoms with van der Waals surface area (Å²) in [5.74, 6) is -0.319. The average Bonchev–Trinajstić information content (AvgIpc) is 2.74. The van der Waals surface area contributed by atoms with Gasteiger partial charge in [0.1, 0.15) is 5.82 Å². The third-order valence-corrected chi connectivity index (χ3v) is 3.33. The highest BCUT2D eigenvalue weighted by Gasteiger charge is 2.14. The van der Waals surface area contributed by atoms with Crippen LogP contribution in [0.4, 0.5) is 4.39 Å². The van der Waals surface area contributed by atoms with Gasteiger partial charge in [-0.25, -0.2) is 4.39 Å². The minimum absolute atomic E-state index is 0.319. The van der Waals surface area contributed by atoms with Gasteiger partial charge in [-0.3, -0.25) is 0 Å². The van der Waals surface area contributed by atoms with E-state index in [0.29, 0.717) is 10.6 Å². The molecule has 0 unspecified atom stereocenters. The first-order valence-electron chi connectivity index (χ1n) is 4.42. The second-order valence-corrected chi connectivity index (χ2v) is 4.57. The van der Waals surface area contributed by atoms with Gasteiger partial charge in [0.25, 0.3) is 0 Å². The van der Waals surface area contributed by atoms with Crippen molar-refractivity contribution in [1.82, 2.24) is 0 Å². The molecule has 2 rings (SSSR count). The number of benzene rings is 1. The third-order valence-electron chi connectivity index (χ3n) is 2.14. The van der Waals surface area contributed by atoms with Crippen molar-refractivity contribution in [2.45, 2.75) is 6.04 Å². The van der Waals surface area contributed by atoms with E-state index in [0.717, 1.165) is 4.88 Å². The summed E-state index contributed by atoms with van der Waals surface area (Å²) in [7, 11) is 0. The molecule has 0 spiro atoms. The molecule has 0 bridgehead atoms. The smallest absolute Gasteiger partial charge is 0.128 e. The van der Waals surface area contributed by atoms with E-state index in [9.17, 15) is 4.39 Å². The van der Waals surface area contributed by atoms with Crippen LogP contribution < -0.4 is 5.73 Å². The molecule has 15 heavy (non-hydrogen) atoms. The van der Waals surface area contributed by atoms with Crippen molar-refractivity contribution in [3.05, 3.63) is 57.0 Å². The minimum atomic E-state index is -0.441. The zero-order valence-electron chi connectivity index (χ0n) is 7.78. The van der Waals surface area contributed by atoms with Crippen molar-refractivity contribution in [1.29, 1.82) is 0 Å². The van der Waals surface area contributed by atoms with Crippen molar-refractivity contribution >= 4 is 22.9 Å². The molecule has 1 heterocycles. The summed E-state index contributed by atoms with van der Waals surface area (Å²) >= 11 is 7.31. The van der Waals surface area contributed by atoms with Crippen LogP contribution >= 0.6 is 22.9 Å². The molecule has 78 valence electrons. The van der Waals surface area contributed by atoms with Crippen LogP contribution in [-0.4, -0.2) is 0 Å². The fraction of sp³-hybridized carbons (Fsp3) is 0.0909. The first-order chi connectivity index (χ1) is 7.18. The van der Waals surface area contributed by atoms with Crippen LogP contribution in [0.2, 0.25) is 5.02 Å². The number of thiophene rings is 1. The van der Waals surface area contributed by atoms with Gasteiger partial charge in [-0.15, -0.1) is 11.3 Å². The SMILES string of the molecule is N[C@H](c1cccs1)c1cc(Cl)ccc1F. The molecule has 2 N–H and O–H groups in total. The normalized spacial score (nSPS) is 12.7. The summed E-state index contributed by atoms with van der Waals surface area (Å²) in [5.41, 5.74) is 6.38. The first kappa shape index (κ1) is 10.6. The predicted molar refractivity (Wildman–Crippen MR) is 61.8 cm³/mol. The Hall–Kier alpha value is -0.900. The van der Waals surface area contributed by atoms with Crippen LogP contribution in [0.15, 0.2) is 35.7 Å². The van der Waals surface area contributed by atoms with Gasteiger partial charge in [0.2, 0.25) is 0 Å². The lowest BCUT2D eigenvalue weighted by Gasteiger charge is -2.11. The van der Waals surface area contributed by atoms with Crippen molar-refractivity contribution in [2.75, 3.05) is 0 Å². The topological polar surface area (TPSA) is 26.0 Å². The maximum absolute atomic E-state index is 13.5. The molecular formula is C11H9ClFNS. The minimum Gasteiger partial charge on any atom is -0.320 e. The Bertz CT molecular complexity index is 456. The van der Waals surface area contributed by atoms with Crippen LogP contribution in [0, 0.1) is 5.82 Å². The lowest BCUT2D eigenvalue weighted by atomic mass is 10.1. The van der Waals surface area contributed by atoms with E-state index in [2.05, 4.69) is 0 Å². The van der Waals surface area contributed by atoms with E-state index in [1.807, 2.05) is 17.5 Å². The fourth-order valence-electron chi connectivity index (χ4n) is 1.37. The maximum atomic E-state index is 13.5. The number of hydrogen-bond acceptors (Lipinski definition) is 2. The highest BCUT2D eigenvalue weighted by molar-refractivity contribution is 7.10. The second kappa shape index (κ2) is 4.31. The summed E-state index contributed by atoms with van der Waals surface area (Å²) in [5, 5.41) is 2.41. The zero-order valence-corrected chi connectivity index (χ0v) is 9.36. The van der Waals surface area contributed by atoms with Gasteiger partial charge in [0, 0.05) is 15.5 Å². The lowest BCUT2D eigenvalue weighted by molar-refractivity contribution is 0.601. The van der Waals surface area contributed by atoms with Gasteiger partial charge in [0.15, 0.2) is 0 Å². The van der Waals surface area contributed by atoms with E-state index in [4.69, 9.17) is 17.3 Å². The molecule has 0 saturated heterocycles. The molecule has 0 aliphatic rings.